The highest BCUT2D eigenvalue weighted by Crippen LogP contribution is 2.24. The van der Waals surface area contributed by atoms with E-state index < -0.39 is 6.04 Å². The molecule has 4 rings (SSSR count). The summed E-state index contributed by atoms with van der Waals surface area (Å²) in [6.07, 6.45) is 4.83. The number of aldehydes is 1. The first kappa shape index (κ1) is 27.7. The first-order valence-electron chi connectivity index (χ1n) is 13.3. The summed E-state index contributed by atoms with van der Waals surface area (Å²) in [6.45, 7) is 10.6. The molecule has 0 saturated carbocycles. The lowest BCUT2D eigenvalue weighted by atomic mass is 9.86. The van der Waals surface area contributed by atoms with Crippen LogP contribution >= 0.6 is 0 Å². The Balaban J connectivity index is 1.37. The lowest BCUT2D eigenvalue weighted by Gasteiger charge is -2.19. The maximum Gasteiger partial charge on any atom is 0.251 e. The van der Waals surface area contributed by atoms with Gasteiger partial charge in [-0.1, -0.05) is 69.3 Å². The van der Waals surface area contributed by atoms with Crippen LogP contribution in [0.5, 0.6) is 0 Å². The van der Waals surface area contributed by atoms with Crippen molar-refractivity contribution < 1.29 is 9.59 Å². The molecule has 1 unspecified atom stereocenters. The van der Waals surface area contributed by atoms with E-state index in [2.05, 4.69) is 79.5 Å². The van der Waals surface area contributed by atoms with Crippen LogP contribution < -0.4 is 10.6 Å². The molecule has 2 N–H and O–H groups in total. The highest BCUT2D eigenvalue weighted by atomic mass is 16.2. The van der Waals surface area contributed by atoms with Gasteiger partial charge in [0.25, 0.3) is 5.91 Å². The van der Waals surface area contributed by atoms with Gasteiger partial charge in [-0.05, 0) is 66.6 Å². The highest BCUT2D eigenvalue weighted by Gasteiger charge is 2.17. The van der Waals surface area contributed by atoms with Crippen molar-refractivity contribution in [2.75, 3.05) is 5.32 Å². The van der Waals surface area contributed by atoms with Gasteiger partial charge in [-0.3, -0.25) is 4.79 Å². The van der Waals surface area contributed by atoms with Crippen LogP contribution in [-0.2, 0) is 16.6 Å². The summed E-state index contributed by atoms with van der Waals surface area (Å²) < 4.78 is 0. The smallest absolute Gasteiger partial charge is 0.251 e. The minimum atomic E-state index is -0.622. The number of hydrogen-bond donors (Lipinski definition) is 2. The lowest BCUT2D eigenvalue weighted by molar-refractivity contribution is -0.109. The van der Waals surface area contributed by atoms with Crippen molar-refractivity contribution in [1.82, 2.24) is 15.3 Å². The Morgan fingerprint density at radius 3 is 1.95 bits per heavy atom. The Morgan fingerprint density at radius 1 is 0.821 bits per heavy atom. The summed E-state index contributed by atoms with van der Waals surface area (Å²) in [5.41, 5.74) is 6.60. The molecule has 0 aliphatic rings. The van der Waals surface area contributed by atoms with E-state index in [9.17, 15) is 9.59 Å². The van der Waals surface area contributed by atoms with Crippen molar-refractivity contribution in [3.63, 3.8) is 0 Å². The lowest BCUT2D eigenvalue weighted by Crippen LogP contribution is -2.37. The van der Waals surface area contributed by atoms with Gasteiger partial charge in [-0.15, -0.1) is 0 Å². The van der Waals surface area contributed by atoms with Gasteiger partial charge in [-0.2, -0.15) is 0 Å². The quantitative estimate of drug-likeness (QED) is 0.247. The zero-order valence-electron chi connectivity index (χ0n) is 23.2. The topological polar surface area (TPSA) is 84.0 Å². The molecule has 0 aliphatic heterocycles. The van der Waals surface area contributed by atoms with Crippen LogP contribution in [0.1, 0.15) is 56.1 Å². The van der Waals surface area contributed by atoms with E-state index in [1.165, 1.54) is 0 Å². The first-order chi connectivity index (χ1) is 18.6. The maximum atomic E-state index is 12.7. The number of hydrogen-bond acceptors (Lipinski definition) is 5. The van der Waals surface area contributed by atoms with Crippen LogP contribution in [0.25, 0.3) is 22.5 Å². The van der Waals surface area contributed by atoms with Crippen LogP contribution in [0.4, 0.5) is 5.69 Å². The second kappa shape index (κ2) is 12.0. The minimum absolute atomic E-state index is 0.0108. The summed E-state index contributed by atoms with van der Waals surface area (Å²) in [5, 5.41) is 6.22. The van der Waals surface area contributed by atoms with E-state index in [0.29, 0.717) is 23.9 Å². The van der Waals surface area contributed by atoms with Gasteiger partial charge in [0.1, 0.15) is 6.29 Å². The number of anilines is 1. The fourth-order valence-corrected chi connectivity index (χ4v) is 4.27. The number of nitrogens with zero attached hydrogens (tertiary/aromatic N) is 2. The number of nitrogens with one attached hydrogen (secondary N) is 2. The summed E-state index contributed by atoms with van der Waals surface area (Å²) in [6, 6.07) is 23.2. The van der Waals surface area contributed by atoms with Gasteiger partial charge in [0.15, 0.2) is 5.82 Å². The largest absolute Gasteiger partial charge is 0.383 e. The maximum absolute atomic E-state index is 12.7. The number of amides is 1. The molecule has 39 heavy (non-hydrogen) atoms. The first-order valence-corrected chi connectivity index (χ1v) is 13.3. The van der Waals surface area contributed by atoms with Gasteiger partial charge in [0.2, 0.25) is 0 Å². The third-order valence-electron chi connectivity index (χ3n) is 6.49. The molecular formula is C33H36N4O2. The van der Waals surface area contributed by atoms with Gasteiger partial charge in [-0.25, -0.2) is 9.97 Å². The predicted molar refractivity (Wildman–Crippen MR) is 158 cm³/mol. The second-order valence-electron chi connectivity index (χ2n) is 11.1. The standard InChI is InChI=1S/C33H36N4O2/c1-22(2)36-29-16-12-24(13-17-29)27-19-34-31(35-20-27)25-8-6-23(7-9-25)18-30(21-38)37-32(39)26-10-14-28(15-11-26)33(3,4)5/h6-17,19-22,30,36H,18H2,1-5H3,(H,37,39). The molecule has 0 saturated heterocycles. The summed E-state index contributed by atoms with van der Waals surface area (Å²) in [7, 11) is 0. The molecule has 4 aromatic rings. The molecule has 0 bridgehead atoms. The van der Waals surface area contributed by atoms with Gasteiger partial charge >= 0.3 is 0 Å². The van der Waals surface area contributed by atoms with Crippen molar-refractivity contribution in [3.8, 4) is 22.5 Å². The summed E-state index contributed by atoms with van der Waals surface area (Å²) >= 11 is 0. The molecule has 0 fully saturated rings. The molecule has 1 atom stereocenters. The molecule has 1 amide bonds. The van der Waals surface area contributed by atoms with Crippen LogP contribution in [0.15, 0.2) is 85.2 Å². The fourth-order valence-electron chi connectivity index (χ4n) is 4.27. The van der Waals surface area contributed by atoms with Crippen molar-refractivity contribution in [2.45, 2.75) is 58.5 Å². The average Bonchev–Trinajstić information content (AvgIpc) is 2.93. The molecule has 0 radical (unpaired) electrons. The zero-order chi connectivity index (χ0) is 28.0. The molecule has 200 valence electrons. The number of benzene rings is 3. The second-order valence-corrected chi connectivity index (χ2v) is 11.1. The van der Waals surface area contributed by atoms with Crippen molar-refractivity contribution in [2.24, 2.45) is 0 Å². The number of carbonyl (C=O) groups is 2. The molecule has 0 spiro atoms. The molecule has 1 heterocycles. The molecule has 0 aliphatic carbocycles. The summed E-state index contributed by atoms with van der Waals surface area (Å²) in [4.78, 5) is 33.5. The Hall–Kier alpha value is -4.32. The molecule has 3 aromatic carbocycles. The third kappa shape index (κ3) is 7.38. The van der Waals surface area contributed by atoms with E-state index in [4.69, 9.17) is 0 Å². The van der Waals surface area contributed by atoms with Gasteiger partial charge in [0.05, 0.1) is 6.04 Å². The van der Waals surface area contributed by atoms with Crippen LogP contribution in [-0.4, -0.2) is 34.2 Å². The number of rotatable bonds is 9. The van der Waals surface area contributed by atoms with E-state index in [1.54, 1.807) is 12.1 Å². The monoisotopic (exact) mass is 520 g/mol. The van der Waals surface area contributed by atoms with Crippen molar-refractivity contribution in [1.29, 1.82) is 0 Å². The highest BCUT2D eigenvalue weighted by molar-refractivity contribution is 5.95. The molecule has 6 heteroatoms. The van der Waals surface area contributed by atoms with E-state index in [-0.39, 0.29) is 11.3 Å². The Morgan fingerprint density at radius 2 is 1.41 bits per heavy atom. The fraction of sp³-hybridized carbons (Fsp3) is 0.273. The number of aromatic nitrogens is 2. The van der Waals surface area contributed by atoms with Crippen LogP contribution in [0.3, 0.4) is 0 Å². The zero-order valence-corrected chi connectivity index (χ0v) is 23.2. The van der Waals surface area contributed by atoms with Gasteiger partial charge in [0, 0.05) is 40.8 Å². The molecular weight excluding hydrogens is 484 g/mol. The van der Waals surface area contributed by atoms with Crippen LogP contribution in [0, 0.1) is 0 Å². The average molecular weight is 521 g/mol. The third-order valence-corrected chi connectivity index (χ3v) is 6.49. The van der Waals surface area contributed by atoms with E-state index >= 15 is 0 Å². The van der Waals surface area contributed by atoms with Gasteiger partial charge < -0.3 is 15.4 Å². The normalized spacial score (nSPS) is 12.2. The number of carbonyl (C=O) groups excluding carboxylic acids is 2. The Bertz CT molecular complexity index is 1390. The van der Waals surface area contributed by atoms with Crippen LogP contribution in [0.2, 0.25) is 0 Å². The molecule has 6 nitrogen and oxygen atoms in total. The Labute approximate surface area is 230 Å². The van der Waals surface area contributed by atoms with E-state index in [0.717, 1.165) is 39.8 Å². The van der Waals surface area contributed by atoms with Crippen molar-refractivity contribution >= 4 is 17.9 Å². The van der Waals surface area contributed by atoms with Crippen molar-refractivity contribution in [3.05, 3.63) is 102 Å². The predicted octanol–water partition coefficient (Wildman–Crippen LogP) is 6.47. The van der Waals surface area contributed by atoms with E-state index in [1.807, 2.05) is 48.8 Å². The molecule has 1 aromatic heterocycles. The Kier molecular flexibility index (Phi) is 8.55. The minimum Gasteiger partial charge on any atom is -0.383 e. The SMILES string of the molecule is CC(C)Nc1ccc(-c2cnc(-c3ccc(CC(C=O)NC(=O)c4ccc(C(C)(C)C)cc4)cc3)nc2)cc1. The summed E-state index contributed by atoms with van der Waals surface area (Å²) in [5.74, 6) is 0.367.